The van der Waals surface area contributed by atoms with Crippen LogP contribution >= 0.6 is 0 Å². The van der Waals surface area contributed by atoms with E-state index in [1.54, 1.807) is 6.07 Å². The van der Waals surface area contributed by atoms with Gasteiger partial charge in [0.05, 0.1) is 5.69 Å². The largest absolute Gasteiger partial charge is 0.505 e. The maximum absolute atomic E-state index is 11.1. The van der Waals surface area contributed by atoms with E-state index in [9.17, 15) is 18.6 Å². The average molecular weight is 322 g/mol. The standard InChI is InChI=1S/C14H14N2O5S/c1-8-3-4-10(9(2)7-8)15-16-13-11(17)5-6-12(14(13)18)22(19,20)21/h3-7,17-18H,1-2H3,(H,19,20,21). The second kappa shape index (κ2) is 5.74. The van der Waals surface area contributed by atoms with Crippen molar-refractivity contribution in [2.75, 3.05) is 0 Å². The van der Waals surface area contributed by atoms with Crippen molar-refractivity contribution < 1.29 is 23.2 Å². The van der Waals surface area contributed by atoms with Crippen molar-refractivity contribution >= 4 is 21.5 Å². The molecule has 0 bridgehead atoms. The summed E-state index contributed by atoms with van der Waals surface area (Å²) in [6, 6.07) is 7.27. The molecule has 22 heavy (non-hydrogen) atoms. The Bertz CT molecular complexity index is 860. The molecule has 8 heteroatoms. The molecule has 116 valence electrons. The van der Waals surface area contributed by atoms with Gasteiger partial charge in [-0.05, 0) is 37.6 Å². The Morgan fingerprint density at radius 2 is 1.68 bits per heavy atom. The molecule has 0 fully saturated rings. The van der Waals surface area contributed by atoms with E-state index in [2.05, 4.69) is 10.2 Å². The fraction of sp³-hybridized carbons (Fsp3) is 0.143. The summed E-state index contributed by atoms with van der Waals surface area (Å²) in [5.41, 5.74) is 1.93. The van der Waals surface area contributed by atoms with E-state index in [0.29, 0.717) is 5.69 Å². The number of aryl methyl sites for hydroxylation is 2. The van der Waals surface area contributed by atoms with Crippen LogP contribution in [-0.2, 0) is 10.1 Å². The van der Waals surface area contributed by atoms with Crippen molar-refractivity contribution in [2.45, 2.75) is 18.7 Å². The van der Waals surface area contributed by atoms with Gasteiger partial charge in [-0.3, -0.25) is 4.55 Å². The molecular formula is C14H14N2O5S. The van der Waals surface area contributed by atoms with Crippen LogP contribution in [0.4, 0.5) is 11.4 Å². The van der Waals surface area contributed by atoms with Crippen molar-refractivity contribution in [3.63, 3.8) is 0 Å². The summed E-state index contributed by atoms with van der Waals surface area (Å²) in [4.78, 5) is -0.750. The molecule has 0 saturated carbocycles. The Balaban J connectivity index is 2.51. The Morgan fingerprint density at radius 1 is 1.00 bits per heavy atom. The molecule has 0 spiro atoms. The van der Waals surface area contributed by atoms with Gasteiger partial charge in [-0.15, -0.1) is 5.11 Å². The molecule has 2 rings (SSSR count). The molecule has 0 atom stereocenters. The number of rotatable bonds is 3. The van der Waals surface area contributed by atoms with Gasteiger partial charge in [-0.1, -0.05) is 17.7 Å². The van der Waals surface area contributed by atoms with Gasteiger partial charge >= 0.3 is 0 Å². The highest BCUT2D eigenvalue weighted by Gasteiger charge is 2.21. The molecule has 3 N–H and O–H groups in total. The van der Waals surface area contributed by atoms with Crippen LogP contribution in [0.3, 0.4) is 0 Å². The normalized spacial score (nSPS) is 12.0. The number of benzene rings is 2. The maximum Gasteiger partial charge on any atom is 0.298 e. The molecular weight excluding hydrogens is 308 g/mol. The number of nitrogens with zero attached hydrogens (tertiary/aromatic N) is 2. The lowest BCUT2D eigenvalue weighted by Crippen LogP contribution is -1.98. The van der Waals surface area contributed by atoms with Crippen LogP contribution in [0.25, 0.3) is 0 Å². The number of azo groups is 1. The smallest absolute Gasteiger partial charge is 0.298 e. The molecule has 0 aliphatic carbocycles. The lowest BCUT2D eigenvalue weighted by molar-refractivity contribution is 0.432. The minimum Gasteiger partial charge on any atom is -0.505 e. The number of aromatic hydroxyl groups is 2. The van der Waals surface area contributed by atoms with E-state index in [1.165, 1.54) is 0 Å². The summed E-state index contributed by atoms with van der Waals surface area (Å²) >= 11 is 0. The Labute approximate surface area is 127 Å². The lowest BCUT2D eigenvalue weighted by Gasteiger charge is -2.06. The van der Waals surface area contributed by atoms with Crippen molar-refractivity contribution in [1.29, 1.82) is 0 Å². The minimum absolute atomic E-state index is 0.435. The van der Waals surface area contributed by atoms with Gasteiger partial charge in [0.1, 0.15) is 10.6 Å². The zero-order valence-electron chi connectivity index (χ0n) is 11.8. The lowest BCUT2D eigenvalue weighted by atomic mass is 10.1. The first kappa shape index (κ1) is 15.9. The highest BCUT2D eigenvalue weighted by molar-refractivity contribution is 7.86. The van der Waals surface area contributed by atoms with Gasteiger partial charge in [0, 0.05) is 0 Å². The van der Waals surface area contributed by atoms with Crippen LogP contribution in [0.2, 0.25) is 0 Å². The predicted molar refractivity (Wildman–Crippen MR) is 79.7 cm³/mol. The first-order valence-corrected chi connectivity index (χ1v) is 7.65. The fourth-order valence-corrected chi connectivity index (χ4v) is 2.46. The quantitative estimate of drug-likeness (QED) is 0.591. The first-order chi connectivity index (χ1) is 10.2. The van der Waals surface area contributed by atoms with Crippen LogP contribution in [0.5, 0.6) is 11.5 Å². The SMILES string of the molecule is Cc1ccc(N=Nc2c(O)ccc(S(=O)(=O)O)c2O)c(C)c1. The zero-order chi connectivity index (χ0) is 16.5. The molecule has 7 nitrogen and oxygen atoms in total. The third-order valence-corrected chi connectivity index (χ3v) is 3.87. The summed E-state index contributed by atoms with van der Waals surface area (Å²) in [5, 5.41) is 27.1. The van der Waals surface area contributed by atoms with Crippen LogP contribution in [0, 0.1) is 13.8 Å². The van der Waals surface area contributed by atoms with Gasteiger partial charge in [-0.2, -0.15) is 13.5 Å². The monoisotopic (exact) mass is 322 g/mol. The van der Waals surface area contributed by atoms with Crippen molar-refractivity contribution in [3.05, 3.63) is 41.5 Å². The first-order valence-electron chi connectivity index (χ1n) is 6.21. The van der Waals surface area contributed by atoms with Crippen LogP contribution in [-0.4, -0.2) is 23.2 Å². The molecule has 0 heterocycles. The summed E-state index contributed by atoms with van der Waals surface area (Å²) in [5.74, 6) is -1.32. The topological polar surface area (TPSA) is 120 Å². The molecule has 0 amide bonds. The van der Waals surface area contributed by atoms with Crippen LogP contribution in [0.1, 0.15) is 11.1 Å². The van der Waals surface area contributed by atoms with E-state index >= 15 is 0 Å². The minimum atomic E-state index is -4.63. The Hall–Kier alpha value is -2.45. The zero-order valence-corrected chi connectivity index (χ0v) is 12.7. The maximum atomic E-state index is 11.1. The molecule has 0 aliphatic rings. The third-order valence-electron chi connectivity index (χ3n) is 2.98. The summed E-state index contributed by atoms with van der Waals surface area (Å²) in [6.45, 7) is 3.73. The number of hydrogen-bond acceptors (Lipinski definition) is 6. The van der Waals surface area contributed by atoms with Gasteiger partial charge in [0.2, 0.25) is 0 Å². The predicted octanol–water partition coefficient (Wildman–Crippen LogP) is 3.38. The van der Waals surface area contributed by atoms with Gasteiger partial charge in [-0.25, -0.2) is 0 Å². The number of phenolic OH excluding ortho intramolecular Hbond substituents is 2. The van der Waals surface area contributed by atoms with E-state index in [4.69, 9.17) is 4.55 Å². The second-order valence-corrected chi connectivity index (χ2v) is 6.14. The second-order valence-electron chi connectivity index (χ2n) is 4.75. The molecule has 0 unspecified atom stereocenters. The fourth-order valence-electron chi connectivity index (χ4n) is 1.88. The number of phenols is 2. The van der Waals surface area contributed by atoms with E-state index in [-0.39, 0.29) is 0 Å². The van der Waals surface area contributed by atoms with Gasteiger partial charge < -0.3 is 10.2 Å². The van der Waals surface area contributed by atoms with Gasteiger partial charge in [0.15, 0.2) is 11.4 Å². The third kappa shape index (κ3) is 3.23. The van der Waals surface area contributed by atoms with Crippen molar-refractivity contribution in [3.8, 4) is 11.5 Å². The molecule has 0 aromatic heterocycles. The molecule has 0 aliphatic heterocycles. The molecule has 2 aromatic carbocycles. The van der Waals surface area contributed by atoms with E-state index in [0.717, 1.165) is 23.3 Å². The van der Waals surface area contributed by atoms with Crippen molar-refractivity contribution in [1.82, 2.24) is 0 Å². The van der Waals surface area contributed by atoms with Crippen LogP contribution < -0.4 is 0 Å². The van der Waals surface area contributed by atoms with Gasteiger partial charge in [0.25, 0.3) is 10.1 Å². The van der Waals surface area contributed by atoms with E-state index < -0.39 is 32.2 Å². The molecule has 2 aromatic rings. The summed E-state index contributed by atoms with van der Waals surface area (Å²) in [7, 11) is -4.63. The van der Waals surface area contributed by atoms with E-state index in [1.807, 2.05) is 26.0 Å². The Kier molecular flexibility index (Phi) is 4.16. The van der Waals surface area contributed by atoms with Crippen molar-refractivity contribution in [2.24, 2.45) is 10.2 Å². The molecule has 0 radical (unpaired) electrons. The summed E-state index contributed by atoms with van der Waals surface area (Å²) in [6.07, 6.45) is 0. The van der Waals surface area contributed by atoms with Crippen LogP contribution in [0.15, 0.2) is 45.5 Å². The summed E-state index contributed by atoms with van der Waals surface area (Å²) < 4.78 is 31.3. The number of hydrogen-bond donors (Lipinski definition) is 3. The average Bonchev–Trinajstić information content (AvgIpc) is 2.39. The molecule has 0 saturated heterocycles. The highest BCUT2D eigenvalue weighted by atomic mass is 32.2. The Morgan fingerprint density at radius 3 is 2.27 bits per heavy atom. The highest BCUT2D eigenvalue weighted by Crippen LogP contribution is 2.41.